The molecule has 4 rings (SSSR count). The van der Waals surface area contributed by atoms with Crippen LogP contribution in [-0.4, -0.2) is 47.0 Å². The molecule has 0 saturated carbocycles. The van der Waals surface area contributed by atoms with Crippen molar-refractivity contribution in [2.75, 3.05) is 31.1 Å². The molecule has 2 aromatic carbocycles. The number of carbonyl (C=O) groups excluding carboxylic acids is 1. The second kappa shape index (κ2) is 8.74. The van der Waals surface area contributed by atoms with Crippen molar-refractivity contribution in [3.05, 3.63) is 74.8 Å². The molecule has 0 N–H and O–H groups in total. The minimum Gasteiger partial charge on any atom is -0.353 e. The van der Waals surface area contributed by atoms with Crippen molar-refractivity contribution < 1.29 is 4.79 Å². The molecule has 0 atom stereocenters. The normalized spacial score (nSPS) is 14.1. The van der Waals surface area contributed by atoms with Gasteiger partial charge in [-0.2, -0.15) is 0 Å². The number of aromatic nitrogens is 2. The van der Waals surface area contributed by atoms with Crippen LogP contribution in [0.4, 0.5) is 5.82 Å². The first kappa shape index (κ1) is 20.8. The Kier molecular flexibility index (Phi) is 6.06. The zero-order valence-electron chi connectivity index (χ0n) is 16.9. The quantitative estimate of drug-likeness (QED) is 0.515. The fourth-order valence-electron chi connectivity index (χ4n) is 3.58. The molecule has 3 aromatic rings. The van der Waals surface area contributed by atoms with E-state index in [1.54, 1.807) is 0 Å². The van der Waals surface area contributed by atoms with Crippen LogP contribution in [0.15, 0.2) is 53.0 Å². The Hall–Kier alpha value is -2.44. The van der Waals surface area contributed by atoms with Gasteiger partial charge < -0.3 is 9.80 Å². The standard InChI is InChI=1S/C23H22BrClN4O/c1-15-16(2)26-21(17-6-8-20(25)9-7-17)27-22(15)28-10-12-29(13-11-28)23(30)18-4-3-5-19(24)14-18/h3-9,14H,10-13H2,1-2H3. The maximum atomic E-state index is 12.8. The van der Waals surface area contributed by atoms with Crippen LogP contribution in [0.2, 0.25) is 5.02 Å². The van der Waals surface area contributed by atoms with E-state index in [1.807, 2.05) is 60.4 Å². The van der Waals surface area contributed by atoms with Crippen LogP contribution in [0.25, 0.3) is 11.4 Å². The summed E-state index contributed by atoms with van der Waals surface area (Å²) in [6.45, 7) is 6.84. The van der Waals surface area contributed by atoms with Gasteiger partial charge in [0.05, 0.1) is 0 Å². The summed E-state index contributed by atoms with van der Waals surface area (Å²) < 4.78 is 0.911. The summed E-state index contributed by atoms with van der Waals surface area (Å²) in [4.78, 5) is 26.5. The van der Waals surface area contributed by atoms with Crippen molar-refractivity contribution in [1.82, 2.24) is 14.9 Å². The highest BCUT2D eigenvalue weighted by atomic mass is 79.9. The van der Waals surface area contributed by atoms with Crippen LogP contribution in [0.5, 0.6) is 0 Å². The molecule has 5 nitrogen and oxygen atoms in total. The van der Waals surface area contributed by atoms with E-state index in [9.17, 15) is 4.79 Å². The number of aryl methyl sites for hydroxylation is 1. The molecule has 0 bridgehead atoms. The highest BCUT2D eigenvalue weighted by Gasteiger charge is 2.25. The maximum Gasteiger partial charge on any atom is 0.254 e. The SMILES string of the molecule is Cc1nc(-c2ccc(Cl)cc2)nc(N2CCN(C(=O)c3cccc(Br)c3)CC2)c1C. The Morgan fingerprint density at radius 3 is 2.37 bits per heavy atom. The molecule has 30 heavy (non-hydrogen) atoms. The number of rotatable bonds is 3. The lowest BCUT2D eigenvalue weighted by Gasteiger charge is -2.36. The van der Waals surface area contributed by atoms with Gasteiger partial charge >= 0.3 is 0 Å². The van der Waals surface area contributed by atoms with E-state index < -0.39 is 0 Å². The van der Waals surface area contributed by atoms with Gasteiger partial charge in [-0.1, -0.05) is 33.6 Å². The average molecular weight is 486 g/mol. The number of amides is 1. The van der Waals surface area contributed by atoms with E-state index in [-0.39, 0.29) is 5.91 Å². The van der Waals surface area contributed by atoms with Crippen molar-refractivity contribution >= 4 is 39.3 Å². The van der Waals surface area contributed by atoms with Crippen molar-refractivity contribution in [2.45, 2.75) is 13.8 Å². The third kappa shape index (κ3) is 4.35. The van der Waals surface area contributed by atoms with E-state index in [4.69, 9.17) is 16.6 Å². The molecule has 154 valence electrons. The summed E-state index contributed by atoms with van der Waals surface area (Å²) in [5, 5.41) is 0.689. The highest BCUT2D eigenvalue weighted by Crippen LogP contribution is 2.26. The Morgan fingerprint density at radius 1 is 1.00 bits per heavy atom. The summed E-state index contributed by atoms with van der Waals surface area (Å²) in [5.74, 6) is 1.69. The average Bonchev–Trinajstić information content (AvgIpc) is 2.76. The molecule has 0 aliphatic carbocycles. The van der Waals surface area contributed by atoms with E-state index in [1.165, 1.54) is 0 Å². The fourth-order valence-corrected chi connectivity index (χ4v) is 4.10. The first-order valence-corrected chi connectivity index (χ1v) is 11.0. The number of anilines is 1. The van der Waals surface area contributed by atoms with Gasteiger partial charge in [-0.05, 0) is 56.3 Å². The minimum absolute atomic E-state index is 0.0633. The number of hydrogen-bond acceptors (Lipinski definition) is 4. The summed E-state index contributed by atoms with van der Waals surface area (Å²) >= 11 is 9.46. The number of hydrogen-bond donors (Lipinski definition) is 0. The molecule has 0 spiro atoms. The van der Waals surface area contributed by atoms with Crippen molar-refractivity contribution in [3.8, 4) is 11.4 Å². The van der Waals surface area contributed by atoms with Gasteiger partial charge in [-0.25, -0.2) is 9.97 Å². The van der Waals surface area contributed by atoms with Crippen LogP contribution < -0.4 is 4.90 Å². The number of benzene rings is 2. The lowest BCUT2D eigenvalue weighted by atomic mass is 10.1. The smallest absolute Gasteiger partial charge is 0.254 e. The van der Waals surface area contributed by atoms with Crippen LogP contribution in [-0.2, 0) is 0 Å². The molecule has 1 amide bonds. The Labute approximate surface area is 189 Å². The predicted molar refractivity (Wildman–Crippen MR) is 124 cm³/mol. The van der Waals surface area contributed by atoms with Gasteiger partial charge in [-0.3, -0.25) is 4.79 Å². The lowest BCUT2D eigenvalue weighted by Crippen LogP contribution is -2.49. The highest BCUT2D eigenvalue weighted by molar-refractivity contribution is 9.10. The molecule has 1 aliphatic heterocycles. The molecule has 7 heteroatoms. The van der Waals surface area contributed by atoms with Crippen molar-refractivity contribution in [3.63, 3.8) is 0 Å². The molecule has 1 aromatic heterocycles. The molecule has 1 fully saturated rings. The van der Waals surface area contributed by atoms with E-state index in [2.05, 4.69) is 32.7 Å². The molecular formula is C23H22BrClN4O. The lowest BCUT2D eigenvalue weighted by molar-refractivity contribution is 0.0746. The molecule has 2 heterocycles. The van der Waals surface area contributed by atoms with Gasteiger partial charge in [-0.15, -0.1) is 0 Å². The Balaban J connectivity index is 1.53. The van der Waals surface area contributed by atoms with Crippen molar-refractivity contribution in [1.29, 1.82) is 0 Å². The summed E-state index contributed by atoms with van der Waals surface area (Å²) in [5.41, 5.74) is 3.67. The Morgan fingerprint density at radius 2 is 1.70 bits per heavy atom. The minimum atomic E-state index is 0.0633. The zero-order chi connectivity index (χ0) is 21.3. The first-order valence-electron chi connectivity index (χ1n) is 9.83. The predicted octanol–water partition coefficient (Wildman–Crippen LogP) is 5.14. The topological polar surface area (TPSA) is 49.3 Å². The monoisotopic (exact) mass is 484 g/mol. The Bertz CT molecular complexity index is 1080. The van der Waals surface area contributed by atoms with E-state index in [0.29, 0.717) is 29.5 Å². The third-order valence-corrected chi connectivity index (χ3v) is 6.15. The van der Waals surface area contributed by atoms with Gasteiger partial charge in [0.25, 0.3) is 5.91 Å². The maximum absolute atomic E-state index is 12.8. The number of carbonyl (C=O) groups is 1. The van der Waals surface area contributed by atoms with Crippen molar-refractivity contribution in [2.24, 2.45) is 0 Å². The molecule has 1 saturated heterocycles. The molecule has 0 radical (unpaired) electrons. The number of nitrogens with zero attached hydrogens (tertiary/aromatic N) is 4. The number of halogens is 2. The fraction of sp³-hybridized carbons (Fsp3) is 0.261. The van der Waals surface area contributed by atoms with Crippen LogP contribution in [0.1, 0.15) is 21.6 Å². The van der Waals surface area contributed by atoms with Crippen LogP contribution in [0, 0.1) is 13.8 Å². The van der Waals surface area contributed by atoms with Crippen LogP contribution >= 0.6 is 27.5 Å². The summed E-state index contributed by atoms with van der Waals surface area (Å²) in [6.07, 6.45) is 0. The molecule has 0 unspecified atom stereocenters. The first-order chi connectivity index (χ1) is 14.4. The number of piperazine rings is 1. The largest absolute Gasteiger partial charge is 0.353 e. The second-order valence-electron chi connectivity index (χ2n) is 7.38. The van der Waals surface area contributed by atoms with E-state index >= 15 is 0 Å². The van der Waals surface area contributed by atoms with Gasteiger partial charge in [0.2, 0.25) is 0 Å². The molecular weight excluding hydrogens is 464 g/mol. The second-order valence-corrected chi connectivity index (χ2v) is 8.73. The van der Waals surface area contributed by atoms with Gasteiger partial charge in [0, 0.05) is 58.1 Å². The molecule has 1 aliphatic rings. The summed E-state index contributed by atoms with van der Waals surface area (Å²) in [7, 11) is 0. The summed E-state index contributed by atoms with van der Waals surface area (Å²) in [6, 6.07) is 15.1. The van der Waals surface area contributed by atoms with Gasteiger partial charge in [0.1, 0.15) is 5.82 Å². The van der Waals surface area contributed by atoms with Gasteiger partial charge in [0.15, 0.2) is 5.82 Å². The zero-order valence-corrected chi connectivity index (χ0v) is 19.2. The van der Waals surface area contributed by atoms with Crippen LogP contribution in [0.3, 0.4) is 0 Å². The van der Waals surface area contributed by atoms with E-state index in [0.717, 1.165) is 40.2 Å². The third-order valence-electron chi connectivity index (χ3n) is 5.40.